The molecule has 1 saturated heterocycles. The van der Waals surface area contributed by atoms with Crippen LogP contribution in [0.25, 0.3) is 0 Å². The maximum Gasteiger partial charge on any atom is 0.227 e. The lowest BCUT2D eigenvalue weighted by molar-refractivity contribution is -0.129. The molecule has 0 aromatic heterocycles. The molecule has 1 aromatic carbocycles. The van der Waals surface area contributed by atoms with Gasteiger partial charge in [0.05, 0.1) is 0 Å². The van der Waals surface area contributed by atoms with E-state index in [4.69, 9.17) is 0 Å². The molecular weight excluding hydrogens is 354 g/mol. The Kier molecular flexibility index (Phi) is 6.90. The first-order chi connectivity index (χ1) is 13.6. The molecule has 1 unspecified atom stereocenters. The van der Waals surface area contributed by atoms with E-state index in [1.165, 1.54) is 5.56 Å². The molecule has 0 aliphatic carbocycles. The van der Waals surface area contributed by atoms with Crippen LogP contribution in [0.5, 0.6) is 0 Å². The van der Waals surface area contributed by atoms with Crippen molar-refractivity contribution < 1.29 is 9.59 Å². The quantitative estimate of drug-likeness (QED) is 0.442. The molecule has 2 aliphatic heterocycles. The highest BCUT2D eigenvalue weighted by atomic mass is 16.2. The van der Waals surface area contributed by atoms with E-state index in [1.54, 1.807) is 7.05 Å². The van der Waals surface area contributed by atoms with E-state index in [-0.39, 0.29) is 17.9 Å². The predicted molar refractivity (Wildman–Crippen MR) is 112 cm³/mol. The second-order valence-electron chi connectivity index (χ2n) is 7.35. The topological polar surface area (TPSA) is 77.0 Å². The average molecular weight is 386 g/mol. The minimum Gasteiger partial charge on any atom is -0.356 e. The van der Waals surface area contributed by atoms with Crippen LogP contribution in [0.15, 0.2) is 29.3 Å². The lowest BCUT2D eigenvalue weighted by Crippen LogP contribution is -2.45. The first kappa shape index (κ1) is 20.2. The summed E-state index contributed by atoms with van der Waals surface area (Å²) >= 11 is 0. The minimum atomic E-state index is 0.180. The van der Waals surface area contributed by atoms with Crippen molar-refractivity contribution in [1.29, 1.82) is 0 Å². The number of rotatable bonds is 6. The fourth-order valence-corrected chi connectivity index (χ4v) is 3.89. The van der Waals surface area contributed by atoms with Crippen molar-refractivity contribution in [2.24, 2.45) is 4.99 Å². The van der Waals surface area contributed by atoms with Gasteiger partial charge in [0.2, 0.25) is 11.8 Å². The molecule has 2 amide bonds. The van der Waals surface area contributed by atoms with Gasteiger partial charge in [-0.15, -0.1) is 0 Å². The van der Waals surface area contributed by atoms with Gasteiger partial charge in [0.15, 0.2) is 5.96 Å². The van der Waals surface area contributed by atoms with Crippen molar-refractivity contribution in [2.45, 2.75) is 45.1 Å². The molecule has 152 valence electrons. The summed E-state index contributed by atoms with van der Waals surface area (Å²) < 4.78 is 0. The van der Waals surface area contributed by atoms with Crippen LogP contribution in [0.1, 0.15) is 38.2 Å². The van der Waals surface area contributed by atoms with Crippen LogP contribution >= 0.6 is 0 Å². The zero-order valence-electron chi connectivity index (χ0n) is 16.9. The van der Waals surface area contributed by atoms with Gasteiger partial charge in [0.1, 0.15) is 0 Å². The maximum atomic E-state index is 12.5. The maximum absolute atomic E-state index is 12.5. The number of likely N-dealkylation sites (tertiary alicyclic amines) is 1. The normalized spacial score (nSPS) is 18.9. The van der Waals surface area contributed by atoms with Crippen molar-refractivity contribution >= 4 is 23.5 Å². The van der Waals surface area contributed by atoms with Gasteiger partial charge in [-0.25, -0.2) is 0 Å². The number of anilines is 1. The smallest absolute Gasteiger partial charge is 0.227 e. The summed E-state index contributed by atoms with van der Waals surface area (Å²) in [6.07, 6.45) is 3.69. The number of amides is 2. The summed E-state index contributed by atoms with van der Waals surface area (Å²) in [6, 6.07) is 8.36. The summed E-state index contributed by atoms with van der Waals surface area (Å²) in [5, 5.41) is 6.66. The van der Waals surface area contributed by atoms with E-state index in [0.717, 1.165) is 50.5 Å². The van der Waals surface area contributed by atoms with E-state index in [1.807, 2.05) is 34.9 Å². The van der Waals surface area contributed by atoms with Crippen molar-refractivity contribution in [1.82, 2.24) is 15.5 Å². The number of fused-ring (bicyclic) bond motifs is 1. The summed E-state index contributed by atoms with van der Waals surface area (Å²) in [7, 11) is 1.74. The van der Waals surface area contributed by atoms with Crippen molar-refractivity contribution in [3.63, 3.8) is 0 Å². The molecule has 7 heteroatoms. The Balaban J connectivity index is 1.37. The number of nitrogens with zero attached hydrogens (tertiary/aromatic N) is 3. The van der Waals surface area contributed by atoms with E-state index < -0.39 is 0 Å². The molecule has 7 nitrogen and oxygen atoms in total. The molecule has 1 atom stereocenters. The molecule has 1 aromatic rings. The van der Waals surface area contributed by atoms with Crippen LogP contribution in [0.2, 0.25) is 0 Å². The Bertz CT molecular complexity index is 733. The third-order valence-electron chi connectivity index (χ3n) is 5.46. The fourth-order valence-electron chi connectivity index (χ4n) is 3.89. The zero-order valence-corrected chi connectivity index (χ0v) is 16.9. The van der Waals surface area contributed by atoms with E-state index in [9.17, 15) is 9.59 Å². The molecule has 0 bridgehead atoms. The molecule has 0 saturated carbocycles. The highest BCUT2D eigenvalue weighted by molar-refractivity contribution is 5.95. The highest BCUT2D eigenvalue weighted by Gasteiger charge is 2.26. The molecule has 2 aliphatic rings. The van der Waals surface area contributed by atoms with Crippen LogP contribution in [-0.4, -0.2) is 61.9 Å². The third-order valence-corrected chi connectivity index (χ3v) is 5.46. The van der Waals surface area contributed by atoms with Crippen LogP contribution in [-0.2, 0) is 16.0 Å². The van der Waals surface area contributed by atoms with Gasteiger partial charge in [0.25, 0.3) is 0 Å². The van der Waals surface area contributed by atoms with Crippen molar-refractivity contribution in [2.75, 3.05) is 38.1 Å². The average Bonchev–Trinajstić information content (AvgIpc) is 3.36. The fraction of sp³-hybridized carbons (Fsp3) is 0.571. The van der Waals surface area contributed by atoms with Gasteiger partial charge in [0, 0.05) is 57.8 Å². The molecule has 2 N–H and O–H groups in total. The van der Waals surface area contributed by atoms with Crippen molar-refractivity contribution in [3.05, 3.63) is 29.8 Å². The first-order valence-corrected chi connectivity index (χ1v) is 10.3. The number of carbonyl (C=O) groups is 2. The lowest BCUT2D eigenvalue weighted by atomic mass is 10.2. The molecule has 0 spiro atoms. The first-order valence-electron chi connectivity index (χ1n) is 10.3. The van der Waals surface area contributed by atoms with Crippen LogP contribution in [0, 0.1) is 0 Å². The van der Waals surface area contributed by atoms with Gasteiger partial charge in [-0.3, -0.25) is 14.6 Å². The summed E-state index contributed by atoms with van der Waals surface area (Å²) in [6.45, 7) is 4.88. The third kappa shape index (κ3) is 4.82. The van der Waals surface area contributed by atoms with Crippen LogP contribution in [0.3, 0.4) is 0 Å². The van der Waals surface area contributed by atoms with Gasteiger partial charge in [-0.2, -0.15) is 0 Å². The molecule has 3 rings (SSSR count). The lowest BCUT2D eigenvalue weighted by Gasteiger charge is -2.19. The van der Waals surface area contributed by atoms with Gasteiger partial charge in [-0.05, 0) is 30.9 Å². The van der Waals surface area contributed by atoms with E-state index in [2.05, 4.69) is 21.7 Å². The summed E-state index contributed by atoms with van der Waals surface area (Å²) in [4.78, 5) is 32.4. The molecule has 1 fully saturated rings. The minimum absolute atomic E-state index is 0.180. The Morgan fingerprint density at radius 2 is 2.04 bits per heavy atom. The number of guanidine groups is 1. The van der Waals surface area contributed by atoms with Gasteiger partial charge < -0.3 is 20.4 Å². The zero-order chi connectivity index (χ0) is 19.9. The second-order valence-corrected chi connectivity index (χ2v) is 7.35. The number of benzene rings is 1. The Morgan fingerprint density at radius 3 is 2.82 bits per heavy atom. The number of hydrogen-bond donors (Lipinski definition) is 2. The number of nitrogens with one attached hydrogen (secondary N) is 2. The second kappa shape index (κ2) is 9.57. The van der Waals surface area contributed by atoms with Crippen LogP contribution < -0.4 is 15.5 Å². The van der Waals surface area contributed by atoms with E-state index >= 15 is 0 Å². The monoisotopic (exact) mass is 385 g/mol. The molecular formula is C21H31N5O2. The number of carbonyl (C=O) groups excluding carboxylic acids is 2. The Labute approximate surface area is 167 Å². The SMILES string of the molecule is CCC(=O)N1CCC(NC(=NC)NCCCC(=O)N2CCc3ccccc32)C1. The van der Waals surface area contributed by atoms with E-state index in [0.29, 0.717) is 19.4 Å². The molecule has 2 heterocycles. The van der Waals surface area contributed by atoms with Gasteiger partial charge >= 0.3 is 0 Å². The number of aliphatic imine (C=N–C) groups is 1. The molecule has 0 radical (unpaired) electrons. The number of para-hydroxylation sites is 1. The predicted octanol–water partition coefficient (Wildman–Crippen LogP) is 1.53. The molecule has 28 heavy (non-hydrogen) atoms. The van der Waals surface area contributed by atoms with Crippen molar-refractivity contribution in [3.8, 4) is 0 Å². The largest absolute Gasteiger partial charge is 0.356 e. The Morgan fingerprint density at radius 1 is 1.21 bits per heavy atom. The van der Waals surface area contributed by atoms with Gasteiger partial charge in [-0.1, -0.05) is 25.1 Å². The standard InChI is InChI=1S/C21H31N5O2/c1-3-19(27)25-13-11-17(15-25)24-21(22-2)23-12-6-9-20(28)26-14-10-16-7-4-5-8-18(16)26/h4-5,7-8,17H,3,6,9-15H2,1-2H3,(H2,22,23,24). The summed E-state index contributed by atoms with van der Waals surface area (Å²) in [5.74, 6) is 1.11. The summed E-state index contributed by atoms with van der Waals surface area (Å²) in [5.41, 5.74) is 2.32. The highest BCUT2D eigenvalue weighted by Crippen LogP contribution is 2.27. The number of hydrogen-bond acceptors (Lipinski definition) is 3. The van der Waals surface area contributed by atoms with Crippen LogP contribution in [0.4, 0.5) is 5.69 Å². The Hall–Kier alpha value is -2.57.